The van der Waals surface area contributed by atoms with Crippen LogP contribution in [0.3, 0.4) is 0 Å². The molecule has 0 aliphatic heterocycles. The maximum atomic E-state index is 11.3. The smallest absolute Gasteiger partial charge is 0.172 e. The van der Waals surface area contributed by atoms with E-state index in [1.165, 1.54) is 0 Å². The van der Waals surface area contributed by atoms with Gasteiger partial charge in [0.2, 0.25) is 0 Å². The lowest BCUT2D eigenvalue weighted by Crippen LogP contribution is -2.22. The molecule has 0 aliphatic carbocycles. The molecule has 0 bridgehead atoms. The van der Waals surface area contributed by atoms with E-state index in [9.17, 15) is 4.79 Å². The van der Waals surface area contributed by atoms with Gasteiger partial charge in [-0.2, -0.15) is 5.26 Å². The topological polar surface area (TPSA) is 50.1 Å². The summed E-state index contributed by atoms with van der Waals surface area (Å²) < 4.78 is 5.38. The van der Waals surface area contributed by atoms with Crippen molar-refractivity contribution in [2.75, 3.05) is 6.61 Å². The Hall–Kier alpha value is -1.14. The van der Waals surface area contributed by atoms with Gasteiger partial charge in [-0.15, -0.1) is 0 Å². The highest BCUT2D eigenvalue weighted by atomic mass is 16.5. The van der Waals surface area contributed by atoms with E-state index >= 15 is 0 Å². The standard InChI is InChI=1S/C11H17NO2/c1-5-10(13)9(8-12)7-11(3,4)14-6-2/h7H,5-6H2,1-4H3/b9-7+. The normalized spacial score (nSPS) is 12.4. The zero-order chi connectivity index (χ0) is 11.2. The molecule has 0 heterocycles. The third kappa shape index (κ3) is 4.20. The summed E-state index contributed by atoms with van der Waals surface area (Å²) in [5.41, 5.74) is -0.365. The Labute approximate surface area is 85.4 Å². The minimum Gasteiger partial charge on any atom is -0.372 e. The van der Waals surface area contributed by atoms with E-state index in [1.807, 2.05) is 26.8 Å². The van der Waals surface area contributed by atoms with Crippen molar-refractivity contribution in [2.45, 2.75) is 39.7 Å². The summed E-state index contributed by atoms with van der Waals surface area (Å²) in [4.78, 5) is 11.3. The number of carbonyl (C=O) groups excluding carboxylic acids is 1. The number of hydrogen-bond acceptors (Lipinski definition) is 3. The van der Waals surface area contributed by atoms with E-state index in [2.05, 4.69) is 0 Å². The summed E-state index contributed by atoms with van der Waals surface area (Å²) in [6.07, 6.45) is 1.93. The fourth-order valence-corrected chi connectivity index (χ4v) is 1.13. The predicted octanol–water partition coefficient (Wildman–Crippen LogP) is 2.23. The van der Waals surface area contributed by atoms with Crippen LogP contribution in [0.5, 0.6) is 0 Å². The third-order valence-electron chi connectivity index (χ3n) is 1.75. The lowest BCUT2D eigenvalue weighted by atomic mass is 10.0. The molecule has 0 spiro atoms. The van der Waals surface area contributed by atoms with Gasteiger partial charge in [0.1, 0.15) is 6.07 Å². The van der Waals surface area contributed by atoms with Crippen LogP contribution in [0.15, 0.2) is 11.6 Å². The van der Waals surface area contributed by atoms with Crippen molar-refractivity contribution in [1.29, 1.82) is 5.26 Å². The zero-order valence-corrected chi connectivity index (χ0v) is 9.26. The van der Waals surface area contributed by atoms with Gasteiger partial charge in [0, 0.05) is 13.0 Å². The highest BCUT2D eigenvalue weighted by molar-refractivity contribution is 5.98. The first-order chi connectivity index (χ1) is 6.46. The molecule has 14 heavy (non-hydrogen) atoms. The van der Waals surface area contributed by atoms with E-state index in [4.69, 9.17) is 10.00 Å². The number of ketones is 1. The summed E-state index contributed by atoms with van der Waals surface area (Å²) in [7, 11) is 0. The molecular formula is C11H17NO2. The molecule has 0 rings (SSSR count). The Kier molecular flexibility index (Phi) is 5.11. The molecule has 0 saturated heterocycles. The first-order valence-corrected chi connectivity index (χ1v) is 4.77. The van der Waals surface area contributed by atoms with Crippen molar-refractivity contribution >= 4 is 5.78 Å². The highest BCUT2D eigenvalue weighted by Crippen LogP contribution is 2.14. The lowest BCUT2D eigenvalue weighted by molar-refractivity contribution is -0.115. The molecule has 0 unspecified atom stereocenters. The SMILES string of the molecule is CCOC(C)(C)/C=C(\C#N)C(=O)CC. The molecule has 0 fully saturated rings. The summed E-state index contributed by atoms with van der Waals surface area (Å²) >= 11 is 0. The largest absolute Gasteiger partial charge is 0.372 e. The van der Waals surface area contributed by atoms with Gasteiger partial charge in [-0.1, -0.05) is 6.92 Å². The first kappa shape index (κ1) is 12.9. The monoisotopic (exact) mass is 195 g/mol. The molecular weight excluding hydrogens is 178 g/mol. The maximum Gasteiger partial charge on any atom is 0.172 e. The van der Waals surface area contributed by atoms with Gasteiger partial charge >= 0.3 is 0 Å². The van der Waals surface area contributed by atoms with Gasteiger partial charge in [0.15, 0.2) is 5.78 Å². The molecule has 0 radical (unpaired) electrons. The number of nitrogens with zero attached hydrogens (tertiary/aromatic N) is 1. The van der Waals surface area contributed by atoms with E-state index in [0.29, 0.717) is 13.0 Å². The van der Waals surface area contributed by atoms with Gasteiger partial charge in [-0.25, -0.2) is 0 Å². The second-order valence-corrected chi connectivity index (χ2v) is 3.48. The van der Waals surface area contributed by atoms with Crippen LogP contribution in [0.1, 0.15) is 34.1 Å². The minimum atomic E-state index is -0.551. The van der Waals surface area contributed by atoms with E-state index in [1.54, 1.807) is 13.0 Å². The van der Waals surface area contributed by atoms with Gasteiger partial charge in [-0.3, -0.25) is 4.79 Å². The van der Waals surface area contributed by atoms with Crippen LogP contribution in [-0.2, 0) is 9.53 Å². The predicted molar refractivity (Wildman–Crippen MR) is 54.7 cm³/mol. The average molecular weight is 195 g/mol. The Morgan fingerprint density at radius 2 is 2.07 bits per heavy atom. The number of carbonyl (C=O) groups is 1. The van der Waals surface area contributed by atoms with Crippen LogP contribution in [0.4, 0.5) is 0 Å². The molecule has 0 N–H and O–H groups in total. The van der Waals surface area contributed by atoms with Crippen molar-refractivity contribution in [3.63, 3.8) is 0 Å². The van der Waals surface area contributed by atoms with Crippen LogP contribution in [0.2, 0.25) is 0 Å². The number of Topliss-reactive ketones (excluding diaryl/α,β-unsaturated/α-hetero) is 1. The molecule has 0 aromatic rings. The van der Waals surface area contributed by atoms with Crippen molar-refractivity contribution in [1.82, 2.24) is 0 Å². The quantitative estimate of drug-likeness (QED) is 0.499. The van der Waals surface area contributed by atoms with Gasteiger partial charge in [0.25, 0.3) is 0 Å². The van der Waals surface area contributed by atoms with Crippen molar-refractivity contribution in [2.24, 2.45) is 0 Å². The summed E-state index contributed by atoms with van der Waals surface area (Å²) in [6.45, 7) is 7.83. The van der Waals surface area contributed by atoms with E-state index < -0.39 is 5.60 Å². The van der Waals surface area contributed by atoms with Gasteiger partial charge in [0.05, 0.1) is 11.2 Å². The van der Waals surface area contributed by atoms with E-state index in [0.717, 1.165) is 0 Å². The van der Waals surface area contributed by atoms with Crippen LogP contribution < -0.4 is 0 Å². The molecule has 0 amide bonds. The Balaban J connectivity index is 4.76. The Bertz CT molecular complexity index is 272. The highest BCUT2D eigenvalue weighted by Gasteiger charge is 2.18. The molecule has 78 valence electrons. The second-order valence-electron chi connectivity index (χ2n) is 3.48. The number of hydrogen-bond donors (Lipinski definition) is 0. The fraction of sp³-hybridized carbons (Fsp3) is 0.636. The molecule has 0 atom stereocenters. The number of rotatable bonds is 5. The minimum absolute atomic E-state index is 0.139. The summed E-state index contributed by atoms with van der Waals surface area (Å²) in [6, 6.07) is 1.90. The lowest BCUT2D eigenvalue weighted by Gasteiger charge is -2.20. The van der Waals surface area contributed by atoms with Crippen LogP contribution in [0.25, 0.3) is 0 Å². The van der Waals surface area contributed by atoms with Crippen LogP contribution in [0, 0.1) is 11.3 Å². The molecule has 3 nitrogen and oxygen atoms in total. The van der Waals surface area contributed by atoms with Gasteiger partial charge in [-0.05, 0) is 26.8 Å². The zero-order valence-electron chi connectivity index (χ0n) is 9.26. The molecule has 0 saturated carbocycles. The molecule has 3 heteroatoms. The number of nitriles is 1. The Morgan fingerprint density at radius 3 is 2.43 bits per heavy atom. The van der Waals surface area contributed by atoms with Gasteiger partial charge < -0.3 is 4.74 Å². The van der Waals surface area contributed by atoms with Crippen LogP contribution >= 0.6 is 0 Å². The number of allylic oxidation sites excluding steroid dienone is 1. The Morgan fingerprint density at radius 1 is 1.50 bits per heavy atom. The maximum absolute atomic E-state index is 11.3. The first-order valence-electron chi connectivity index (χ1n) is 4.77. The van der Waals surface area contributed by atoms with Crippen molar-refractivity contribution in [3.8, 4) is 6.07 Å². The molecule has 0 aromatic carbocycles. The fourth-order valence-electron chi connectivity index (χ4n) is 1.13. The van der Waals surface area contributed by atoms with Crippen molar-refractivity contribution in [3.05, 3.63) is 11.6 Å². The molecule has 0 aliphatic rings. The van der Waals surface area contributed by atoms with E-state index in [-0.39, 0.29) is 11.4 Å². The average Bonchev–Trinajstić information content (AvgIpc) is 2.13. The summed E-state index contributed by atoms with van der Waals surface area (Å²) in [5.74, 6) is -0.139. The summed E-state index contributed by atoms with van der Waals surface area (Å²) in [5, 5.41) is 8.76. The molecule has 0 aromatic heterocycles. The number of ether oxygens (including phenoxy) is 1. The van der Waals surface area contributed by atoms with Crippen molar-refractivity contribution < 1.29 is 9.53 Å². The third-order valence-corrected chi connectivity index (χ3v) is 1.75. The second kappa shape index (κ2) is 5.56. The van der Waals surface area contributed by atoms with Crippen LogP contribution in [-0.4, -0.2) is 18.0 Å².